The second kappa shape index (κ2) is 23.6. The molecule has 0 amide bonds. The molecule has 0 fully saturated rings. The maximum Gasteiger partial charge on any atom is 1.00 e. The van der Waals surface area contributed by atoms with Crippen molar-refractivity contribution < 1.29 is 67.7 Å². The second-order valence-corrected chi connectivity index (χ2v) is 16.3. The Hall–Kier alpha value is -8.88. The zero-order valence-electron chi connectivity index (χ0n) is 39.5. The number of halogens is 11. The van der Waals surface area contributed by atoms with Gasteiger partial charge in [-0.25, -0.2) is 39.8 Å². The summed E-state index contributed by atoms with van der Waals surface area (Å²) in [4.78, 5) is 24.7. The van der Waals surface area contributed by atoms with Crippen LogP contribution in [0.4, 0.5) is 49.4 Å². The van der Waals surface area contributed by atoms with Gasteiger partial charge in [0, 0.05) is 48.8 Å². The van der Waals surface area contributed by atoms with Crippen molar-refractivity contribution in [3.05, 3.63) is 251 Å². The first-order chi connectivity index (χ1) is 36.8. The Labute approximate surface area is 454 Å². The predicted octanol–water partition coefficient (Wildman–Crippen LogP) is 11.5. The standard InChI is InChI=1S/C33H16BF10N8.2C10H8N2.ClH.Ru/c35-24-22(20(16-5-1-9-45-16)17-6-2-10-46-17)25(36)29(40)32(28(24)39)47-13-15-14-52(49-48-15)33-30(41)26(37)23(27(38)31(33)42)21-18-7-3-11-50(18)34(43,44)51-12-4-8-19(21)51;2*1-3-7-11-9(5-1)10-6-2-4-8-12-10;;/h1-12,14,47H,13H2;2*1-8H;1H;/q-1;;;;+1. The first kappa shape index (κ1) is 55.4. The van der Waals surface area contributed by atoms with E-state index in [1.54, 1.807) is 24.8 Å². The van der Waals surface area contributed by atoms with Crippen LogP contribution in [0.2, 0.25) is 0 Å². The van der Waals surface area contributed by atoms with Crippen molar-refractivity contribution in [3.8, 4) is 28.5 Å². The molecular weight excluding hydrogens is 1140 g/mol. The molecule has 0 aliphatic carbocycles. The second-order valence-electron chi connectivity index (χ2n) is 16.3. The summed E-state index contributed by atoms with van der Waals surface area (Å²) in [7, 11) is 0. The fourth-order valence-electron chi connectivity index (χ4n) is 8.33. The van der Waals surface area contributed by atoms with E-state index in [-0.39, 0.29) is 59.2 Å². The number of anilines is 1. The number of fused-ring (bicyclic) bond motifs is 2. The summed E-state index contributed by atoms with van der Waals surface area (Å²) in [6.45, 7) is -5.25. The quantitative estimate of drug-likeness (QED) is 0.0860. The van der Waals surface area contributed by atoms with E-state index in [4.69, 9.17) is 0 Å². The summed E-state index contributed by atoms with van der Waals surface area (Å²) < 4.78 is 156. The molecule has 10 heterocycles. The molecule has 0 bridgehead atoms. The minimum Gasteiger partial charge on any atom is -0.664 e. The maximum absolute atomic E-state index is 15.7. The number of benzene rings is 2. The molecule has 78 heavy (non-hydrogen) atoms. The van der Waals surface area contributed by atoms with Gasteiger partial charge >= 0.3 is 26.4 Å². The van der Waals surface area contributed by atoms with Crippen molar-refractivity contribution in [2.75, 3.05) is 5.32 Å². The molecule has 3 aliphatic rings. The van der Waals surface area contributed by atoms with Gasteiger partial charge in [-0.05, 0) is 84.6 Å². The van der Waals surface area contributed by atoms with E-state index >= 15 is 43.8 Å². The number of allylic oxidation sites excluding steroid dienone is 4. The third-order valence-electron chi connectivity index (χ3n) is 11.8. The molecule has 12 nitrogen and oxygen atoms in total. The van der Waals surface area contributed by atoms with E-state index in [0.717, 1.165) is 53.5 Å². The van der Waals surface area contributed by atoms with E-state index in [1.807, 2.05) is 72.8 Å². The Balaban J connectivity index is 0.000000252. The molecule has 2 aromatic carbocycles. The van der Waals surface area contributed by atoms with Gasteiger partial charge in [0.15, 0.2) is 52.2 Å². The third-order valence-corrected chi connectivity index (χ3v) is 11.8. The molecule has 1 N–H and O–H groups in total. The molecular formula is C53H33BClF10N12Ru. The topological polar surface area (TPSA) is 129 Å². The van der Waals surface area contributed by atoms with Crippen LogP contribution in [-0.4, -0.2) is 63.3 Å². The van der Waals surface area contributed by atoms with Gasteiger partial charge in [-0.3, -0.25) is 24.9 Å². The largest absolute Gasteiger partial charge is 1.00 e. The monoisotopic (exact) mass is 1180 g/mol. The van der Waals surface area contributed by atoms with Crippen molar-refractivity contribution in [2.45, 2.75) is 6.54 Å². The molecule has 1 radical (unpaired) electrons. The fourth-order valence-corrected chi connectivity index (χ4v) is 8.33. The summed E-state index contributed by atoms with van der Waals surface area (Å²) in [5.41, 5.74) is -3.45. The van der Waals surface area contributed by atoms with Gasteiger partial charge in [-0.1, -0.05) is 41.6 Å². The molecule has 3 aliphatic heterocycles. The zero-order chi connectivity index (χ0) is 53.1. The zero-order valence-corrected chi connectivity index (χ0v) is 42.0. The van der Waals surface area contributed by atoms with Crippen molar-refractivity contribution in [1.29, 1.82) is 0 Å². The summed E-state index contributed by atoms with van der Waals surface area (Å²) in [5, 5.41) is 9.12. The number of aliphatic imine (C=N–C) groups is 1. The molecule has 0 spiro atoms. The van der Waals surface area contributed by atoms with Crippen LogP contribution in [0.1, 0.15) is 28.2 Å². The number of nitrogens with zero attached hydrogens (tertiary/aromatic N) is 11. The molecule has 25 heteroatoms. The van der Waals surface area contributed by atoms with Gasteiger partial charge in [0.1, 0.15) is 23.3 Å². The summed E-state index contributed by atoms with van der Waals surface area (Å²) in [6, 6.07) is 28.3. The first-order valence-electron chi connectivity index (χ1n) is 22.6. The first-order valence-corrected chi connectivity index (χ1v) is 22.6. The maximum atomic E-state index is 15.7. The average Bonchev–Trinajstić information content (AvgIpc) is 4.37. The Morgan fingerprint density at radius 2 is 1.19 bits per heavy atom. The van der Waals surface area contributed by atoms with Gasteiger partial charge in [-0.15, -0.1) is 23.2 Å². The minimum absolute atomic E-state index is 0. The number of hydrogen-bond acceptors (Lipinski definition) is 8. The predicted molar refractivity (Wildman–Crippen MR) is 270 cm³/mol. The van der Waals surface area contributed by atoms with Crippen molar-refractivity contribution in [1.82, 2.24) is 44.4 Å². The van der Waals surface area contributed by atoms with Crippen molar-refractivity contribution in [2.24, 2.45) is 4.99 Å². The van der Waals surface area contributed by atoms with E-state index < -0.39 is 99.5 Å². The van der Waals surface area contributed by atoms with E-state index in [2.05, 4.69) is 45.5 Å². The number of pyridine rings is 4. The third kappa shape index (κ3) is 10.5. The fraction of sp³-hybridized carbons (Fsp3) is 0.0189. The Bertz CT molecular complexity index is 3620. The van der Waals surface area contributed by atoms with Crippen LogP contribution in [0.3, 0.4) is 0 Å². The van der Waals surface area contributed by atoms with Gasteiger partial charge < -0.3 is 27.9 Å². The smallest absolute Gasteiger partial charge is 0.664 e. The number of rotatable bonds is 9. The van der Waals surface area contributed by atoms with Crippen molar-refractivity contribution >= 4 is 48.6 Å². The van der Waals surface area contributed by atoms with Crippen LogP contribution in [-0.2, 0) is 26.0 Å². The molecule has 12 rings (SSSR count). The van der Waals surface area contributed by atoms with E-state index in [9.17, 15) is 0 Å². The number of nitrogens with one attached hydrogen (secondary N) is 1. The van der Waals surface area contributed by atoms with Crippen LogP contribution in [0, 0.1) is 46.5 Å². The number of hydrogen-bond donors (Lipinski definition) is 1. The average molecular weight is 1180 g/mol. The van der Waals surface area contributed by atoms with Crippen LogP contribution >= 0.6 is 12.4 Å². The van der Waals surface area contributed by atoms with Crippen LogP contribution in [0.5, 0.6) is 0 Å². The SMILES string of the molecule is Cl.Fc1c(F)c(C(=C2C=CC=N2)c2ccc[n-]2)c(F)c(F)c1NCc1cn(-c2c(F)c(F)c(C3=C4C=CC=[N+]4[B-](F)(F)n4cccc43)c(F)c2F)nn1.[Ru+].c1ccc(-c2ccccn2)nc1.c1ccc(-c2ccccn2)nc1. The Morgan fingerprint density at radius 3 is 1.68 bits per heavy atom. The Morgan fingerprint density at radius 1 is 0.628 bits per heavy atom. The van der Waals surface area contributed by atoms with Gasteiger partial charge in [-0.2, -0.15) is 6.20 Å². The van der Waals surface area contributed by atoms with Crippen molar-refractivity contribution in [3.63, 3.8) is 0 Å². The Kier molecular flexibility index (Phi) is 16.7. The number of aromatic nitrogens is 9. The van der Waals surface area contributed by atoms with E-state index in [1.165, 1.54) is 48.8 Å². The molecule has 0 saturated carbocycles. The van der Waals surface area contributed by atoms with Crippen LogP contribution in [0.25, 0.3) is 39.6 Å². The van der Waals surface area contributed by atoms with Crippen LogP contribution in [0.15, 0.2) is 181 Å². The van der Waals surface area contributed by atoms with Gasteiger partial charge in [0.25, 0.3) is 0 Å². The summed E-state index contributed by atoms with van der Waals surface area (Å²) in [6.07, 6.45) is 17.4. The minimum atomic E-state index is -4.49. The normalized spacial score (nSPS) is 14.0. The van der Waals surface area contributed by atoms with Gasteiger partial charge in [0.2, 0.25) is 0 Å². The molecule has 393 valence electrons. The molecule has 9 aromatic rings. The summed E-state index contributed by atoms with van der Waals surface area (Å²) >= 11 is 0. The van der Waals surface area contributed by atoms with E-state index in [0.29, 0.717) is 8.96 Å². The molecule has 0 unspecified atom stereocenters. The molecule has 0 atom stereocenters. The molecule has 0 saturated heterocycles. The summed E-state index contributed by atoms with van der Waals surface area (Å²) in [5.74, 6) is -15.1. The van der Waals surface area contributed by atoms with Gasteiger partial charge in [0.05, 0.1) is 57.9 Å². The molecule has 7 aromatic heterocycles. The van der Waals surface area contributed by atoms with Crippen LogP contribution < -0.4 is 10.3 Å².